The Hall–Kier alpha value is -2.05. The van der Waals surface area contributed by atoms with E-state index in [9.17, 15) is 9.59 Å². The second-order valence-electron chi connectivity index (χ2n) is 7.91. The van der Waals surface area contributed by atoms with E-state index in [2.05, 4.69) is 35.6 Å². The fourth-order valence-corrected chi connectivity index (χ4v) is 3.94. The molecule has 7 nitrogen and oxygen atoms in total. The van der Waals surface area contributed by atoms with Crippen molar-refractivity contribution in [1.82, 2.24) is 19.1 Å². The van der Waals surface area contributed by atoms with Crippen LogP contribution in [0.2, 0.25) is 0 Å². The summed E-state index contributed by atoms with van der Waals surface area (Å²) in [6.45, 7) is 8.78. The lowest BCUT2D eigenvalue weighted by molar-refractivity contribution is 0.536. The van der Waals surface area contributed by atoms with Gasteiger partial charge >= 0.3 is 5.69 Å². The third-order valence-corrected chi connectivity index (χ3v) is 5.77. The molecule has 2 aromatic rings. The summed E-state index contributed by atoms with van der Waals surface area (Å²) in [5.41, 5.74) is 0.205. The molecule has 0 amide bonds. The van der Waals surface area contributed by atoms with Gasteiger partial charge in [0.25, 0.3) is 5.56 Å². The number of nitrogens with zero attached hydrogens (tertiary/aromatic N) is 4. The number of aryl methyl sites for hydroxylation is 2. The molecule has 2 rings (SSSR count). The fraction of sp³-hybridized carbons (Fsp3) is 0.773. The minimum Gasteiger partial charge on any atom is -0.343 e. The summed E-state index contributed by atoms with van der Waals surface area (Å²) in [7, 11) is 1.66. The monoisotopic (exact) mass is 405 g/mol. The quantitative estimate of drug-likeness (QED) is 0.478. The predicted molar refractivity (Wildman–Crippen MR) is 121 cm³/mol. The number of imidazole rings is 1. The smallest absolute Gasteiger partial charge is 0.329 e. The first-order valence-electron chi connectivity index (χ1n) is 11.5. The minimum atomic E-state index is -0.419. The van der Waals surface area contributed by atoms with Crippen molar-refractivity contribution in [3.8, 4) is 0 Å². The molecule has 0 saturated carbocycles. The van der Waals surface area contributed by atoms with E-state index >= 15 is 0 Å². The molecule has 0 aliphatic carbocycles. The van der Waals surface area contributed by atoms with Crippen molar-refractivity contribution in [2.75, 3.05) is 18.0 Å². The maximum absolute atomic E-state index is 12.5. The van der Waals surface area contributed by atoms with Crippen molar-refractivity contribution in [3.63, 3.8) is 0 Å². The highest BCUT2D eigenvalue weighted by Gasteiger charge is 2.19. The summed E-state index contributed by atoms with van der Waals surface area (Å²) in [6.07, 6.45) is 12.7. The second-order valence-corrected chi connectivity index (χ2v) is 7.91. The van der Waals surface area contributed by atoms with Gasteiger partial charge in [-0.25, -0.2) is 4.79 Å². The number of nitrogens with one attached hydrogen (secondary N) is 1. The van der Waals surface area contributed by atoms with Gasteiger partial charge in [0, 0.05) is 26.7 Å². The lowest BCUT2D eigenvalue weighted by Gasteiger charge is -2.21. The number of rotatable bonds is 14. The number of anilines is 1. The Morgan fingerprint density at radius 2 is 1.41 bits per heavy atom. The van der Waals surface area contributed by atoms with Crippen LogP contribution in [0.25, 0.3) is 11.2 Å². The van der Waals surface area contributed by atoms with Crippen LogP contribution >= 0.6 is 0 Å². The van der Waals surface area contributed by atoms with E-state index in [-0.39, 0.29) is 5.56 Å². The molecule has 0 aliphatic heterocycles. The Kier molecular flexibility index (Phi) is 9.48. The van der Waals surface area contributed by atoms with Crippen LogP contribution in [0, 0.1) is 0 Å². The molecule has 0 spiro atoms. The summed E-state index contributed by atoms with van der Waals surface area (Å²) in [6, 6.07) is 0. The molecule has 0 atom stereocenters. The SMILES string of the molecule is CCCCCCCCCCCCn1c(N(CC)CC)nc2c1c(=O)[nH]c(=O)n2C. The van der Waals surface area contributed by atoms with Crippen LogP contribution in [-0.2, 0) is 13.6 Å². The van der Waals surface area contributed by atoms with Crippen LogP contribution < -0.4 is 16.1 Å². The first-order valence-corrected chi connectivity index (χ1v) is 11.5. The molecule has 0 bridgehead atoms. The van der Waals surface area contributed by atoms with Crippen LogP contribution in [0.3, 0.4) is 0 Å². The molecular formula is C22H39N5O2. The van der Waals surface area contributed by atoms with Crippen molar-refractivity contribution in [2.24, 2.45) is 7.05 Å². The van der Waals surface area contributed by atoms with Gasteiger partial charge in [-0.1, -0.05) is 64.7 Å². The van der Waals surface area contributed by atoms with E-state index in [1.807, 2.05) is 4.57 Å². The van der Waals surface area contributed by atoms with Gasteiger partial charge in [-0.3, -0.25) is 14.3 Å². The van der Waals surface area contributed by atoms with Crippen molar-refractivity contribution >= 4 is 17.1 Å². The molecule has 0 saturated heterocycles. The second kappa shape index (κ2) is 11.8. The molecule has 0 aromatic carbocycles. The van der Waals surface area contributed by atoms with E-state index < -0.39 is 5.69 Å². The summed E-state index contributed by atoms with van der Waals surface area (Å²) in [5, 5.41) is 0. The number of H-pyrrole nitrogens is 1. The van der Waals surface area contributed by atoms with E-state index in [0.717, 1.165) is 38.4 Å². The molecule has 2 aromatic heterocycles. The predicted octanol–water partition coefficient (Wildman–Crippen LogP) is 4.19. The Morgan fingerprint density at radius 1 is 0.862 bits per heavy atom. The molecule has 164 valence electrons. The molecule has 2 heterocycles. The number of aromatic nitrogens is 4. The molecule has 0 aliphatic rings. The Morgan fingerprint density at radius 3 is 1.97 bits per heavy atom. The molecule has 0 radical (unpaired) electrons. The van der Waals surface area contributed by atoms with Gasteiger partial charge in [0.05, 0.1) is 0 Å². The highest BCUT2D eigenvalue weighted by atomic mass is 16.2. The van der Waals surface area contributed by atoms with E-state index in [4.69, 9.17) is 0 Å². The molecule has 7 heteroatoms. The van der Waals surface area contributed by atoms with Gasteiger partial charge in [-0.15, -0.1) is 0 Å². The lowest BCUT2D eigenvalue weighted by atomic mass is 10.1. The van der Waals surface area contributed by atoms with E-state index in [1.54, 1.807) is 7.05 Å². The zero-order valence-electron chi connectivity index (χ0n) is 18.8. The van der Waals surface area contributed by atoms with E-state index in [0.29, 0.717) is 11.2 Å². The molecule has 1 N–H and O–H groups in total. The van der Waals surface area contributed by atoms with Crippen LogP contribution in [0.4, 0.5) is 5.95 Å². The lowest BCUT2D eigenvalue weighted by Crippen LogP contribution is -2.29. The maximum atomic E-state index is 12.5. The zero-order chi connectivity index (χ0) is 21.2. The van der Waals surface area contributed by atoms with Crippen molar-refractivity contribution in [3.05, 3.63) is 20.8 Å². The van der Waals surface area contributed by atoms with Gasteiger partial charge in [-0.05, 0) is 20.3 Å². The number of unbranched alkanes of at least 4 members (excludes halogenated alkanes) is 9. The van der Waals surface area contributed by atoms with Gasteiger partial charge in [0.2, 0.25) is 5.95 Å². The number of hydrogen-bond donors (Lipinski definition) is 1. The minimum absolute atomic E-state index is 0.346. The standard InChI is InChI=1S/C22H39N5O2/c1-5-8-9-10-11-12-13-14-15-16-17-27-18-19(23-21(27)26(6-2)7-3)25(4)22(29)24-20(18)28/h5-17H2,1-4H3,(H,24,28,29). The summed E-state index contributed by atoms with van der Waals surface area (Å²) in [5.74, 6) is 0.785. The molecule has 29 heavy (non-hydrogen) atoms. The normalized spacial score (nSPS) is 11.4. The number of fused-ring (bicyclic) bond motifs is 1. The zero-order valence-corrected chi connectivity index (χ0v) is 18.8. The average Bonchev–Trinajstić information content (AvgIpc) is 3.08. The van der Waals surface area contributed by atoms with Crippen LogP contribution in [0.1, 0.15) is 85.0 Å². The maximum Gasteiger partial charge on any atom is 0.329 e. The van der Waals surface area contributed by atoms with Gasteiger partial charge in [-0.2, -0.15) is 4.98 Å². The summed E-state index contributed by atoms with van der Waals surface area (Å²) in [4.78, 5) is 33.7. The van der Waals surface area contributed by atoms with Crippen molar-refractivity contribution in [2.45, 2.75) is 91.5 Å². The molecule has 0 fully saturated rings. The first kappa shape index (κ1) is 23.2. The van der Waals surface area contributed by atoms with Crippen LogP contribution in [0.5, 0.6) is 0 Å². The third-order valence-electron chi connectivity index (χ3n) is 5.77. The first-order chi connectivity index (χ1) is 14.0. The Bertz CT molecular complexity index is 860. The Balaban J connectivity index is 2.02. The third kappa shape index (κ3) is 5.97. The Labute approximate surface area is 174 Å². The van der Waals surface area contributed by atoms with E-state index in [1.165, 1.54) is 55.9 Å². The van der Waals surface area contributed by atoms with Gasteiger partial charge in [0.15, 0.2) is 11.2 Å². The van der Waals surface area contributed by atoms with Crippen molar-refractivity contribution in [1.29, 1.82) is 0 Å². The van der Waals surface area contributed by atoms with Crippen LogP contribution in [-0.4, -0.2) is 32.2 Å². The van der Waals surface area contributed by atoms with Crippen molar-refractivity contribution < 1.29 is 0 Å². The average molecular weight is 406 g/mol. The molecule has 0 unspecified atom stereocenters. The number of aromatic amines is 1. The highest BCUT2D eigenvalue weighted by molar-refractivity contribution is 5.74. The fourth-order valence-electron chi connectivity index (χ4n) is 3.94. The highest BCUT2D eigenvalue weighted by Crippen LogP contribution is 2.20. The molecular weight excluding hydrogens is 366 g/mol. The topological polar surface area (TPSA) is 75.9 Å². The van der Waals surface area contributed by atoms with Crippen LogP contribution in [0.15, 0.2) is 9.59 Å². The number of hydrogen-bond acceptors (Lipinski definition) is 4. The largest absolute Gasteiger partial charge is 0.343 e. The summed E-state index contributed by atoms with van der Waals surface area (Å²) >= 11 is 0. The van der Waals surface area contributed by atoms with Gasteiger partial charge < -0.3 is 9.47 Å². The summed E-state index contributed by atoms with van der Waals surface area (Å²) < 4.78 is 3.43. The van der Waals surface area contributed by atoms with Gasteiger partial charge in [0.1, 0.15) is 0 Å².